The van der Waals surface area contributed by atoms with Crippen LogP contribution in [0.4, 0.5) is 0 Å². The lowest BCUT2D eigenvalue weighted by Crippen LogP contribution is -2.50. The smallest absolute Gasteiger partial charge is 0.326 e. The number of hydrogen-bond donors (Lipinski definition) is 2. The van der Waals surface area contributed by atoms with E-state index in [-0.39, 0.29) is 17.7 Å². The van der Waals surface area contributed by atoms with Gasteiger partial charge in [0.25, 0.3) is 0 Å². The van der Waals surface area contributed by atoms with E-state index in [2.05, 4.69) is 16.3 Å². The Morgan fingerprint density at radius 3 is 2.81 bits per heavy atom. The maximum atomic E-state index is 12.3. The summed E-state index contributed by atoms with van der Waals surface area (Å²) in [7, 11) is 0. The van der Waals surface area contributed by atoms with Crippen LogP contribution in [-0.4, -0.2) is 47.6 Å². The van der Waals surface area contributed by atoms with Crippen LogP contribution in [0.3, 0.4) is 0 Å². The van der Waals surface area contributed by atoms with Gasteiger partial charge in [-0.15, -0.1) is 0 Å². The Hall–Kier alpha value is -1.61. The topological polar surface area (TPSA) is 93.4 Å². The van der Waals surface area contributed by atoms with E-state index in [9.17, 15) is 14.7 Å². The van der Waals surface area contributed by atoms with E-state index < -0.39 is 12.0 Å². The normalized spacial score (nSPS) is 22.0. The number of nitrogens with zero attached hydrogens (tertiary/aromatic N) is 2. The fourth-order valence-electron chi connectivity index (χ4n) is 2.63. The van der Waals surface area contributed by atoms with Crippen molar-refractivity contribution in [1.29, 1.82) is 5.26 Å². The highest BCUT2D eigenvalue weighted by Crippen LogP contribution is 2.18. The van der Waals surface area contributed by atoms with Gasteiger partial charge in [0.1, 0.15) is 6.04 Å². The molecule has 21 heavy (non-hydrogen) atoms. The molecular formula is C15H25N3O3. The van der Waals surface area contributed by atoms with Crippen molar-refractivity contribution in [2.75, 3.05) is 19.6 Å². The Morgan fingerprint density at radius 2 is 2.24 bits per heavy atom. The third-order valence-electron chi connectivity index (χ3n) is 4.19. The van der Waals surface area contributed by atoms with E-state index in [1.807, 2.05) is 13.8 Å². The third-order valence-corrected chi connectivity index (χ3v) is 4.19. The summed E-state index contributed by atoms with van der Waals surface area (Å²) in [6.45, 7) is 5.93. The zero-order valence-corrected chi connectivity index (χ0v) is 12.8. The van der Waals surface area contributed by atoms with Crippen LogP contribution in [0.2, 0.25) is 0 Å². The lowest BCUT2D eigenvalue weighted by Gasteiger charge is -2.32. The van der Waals surface area contributed by atoms with Crippen LogP contribution < -0.4 is 5.32 Å². The molecule has 1 aliphatic heterocycles. The van der Waals surface area contributed by atoms with Crippen LogP contribution in [0.25, 0.3) is 0 Å². The first-order chi connectivity index (χ1) is 9.99. The average molecular weight is 295 g/mol. The molecule has 1 fully saturated rings. The minimum Gasteiger partial charge on any atom is -0.480 e. The summed E-state index contributed by atoms with van der Waals surface area (Å²) in [4.78, 5) is 25.7. The van der Waals surface area contributed by atoms with Gasteiger partial charge in [0.05, 0.1) is 12.0 Å². The van der Waals surface area contributed by atoms with Crippen molar-refractivity contribution in [1.82, 2.24) is 10.2 Å². The fraction of sp³-hybridized carbons (Fsp3) is 0.800. The van der Waals surface area contributed by atoms with E-state index in [4.69, 9.17) is 5.26 Å². The number of carboxylic acid groups (broad SMARTS) is 1. The molecule has 3 atom stereocenters. The molecule has 0 radical (unpaired) electrons. The first-order valence-corrected chi connectivity index (χ1v) is 7.62. The summed E-state index contributed by atoms with van der Waals surface area (Å²) in [5, 5.41) is 20.5. The van der Waals surface area contributed by atoms with E-state index in [1.54, 1.807) is 0 Å². The Balaban J connectivity index is 2.57. The van der Waals surface area contributed by atoms with Crippen molar-refractivity contribution in [3.05, 3.63) is 0 Å². The number of amides is 1. The number of piperidine rings is 1. The molecular weight excluding hydrogens is 270 g/mol. The molecule has 3 unspecified atom stereocenters. The van der Waals surface area contributed by atoms with Crippen molar-refractivity contribution < 1.29 is 14.7 Å². The summed E-state index contributed by atoms with van der Waals surface area (Å²) in [5.41, 5.74) is 0. The first-order valence-electron chi connectivity index (χ1n) is 7.62. The largest absolute Gasteiger partial charge is 0.480 e. The highest BCUT2D eigenvalue weighted by molar-refractivity contribution is 5.85. The average Bonchev–Trinajstić information content (AvgIpc) is 2.49. The number of nitrogens with one attached hydrogen (secondary N) is 1. The van der Waals surface area contributed by atoms with Crippen molar-refractivity contribution in [2.45, 2.75) is 45.6 Å². The molecule has 2 N–H and O–H groups in total. The SMILES string of the molecule is CCC(C)C(NC(=O)C1CCCN(CCC#N)C1)C(=O)O. The maximum Gasteiger partial charge on any atom is 0.326 e. The van der Waals surface area contributed by atoms with Gasteiger partial charge in [-0.2, -0.15) is 5.26 Å². The molecule has 118 valence electrons. The van der Waals surface area contributed by atoms with Gasteiger partial charge in [-0.1, -0.05) is 20.3 Å². The lowest BCUT2D eigenvalue weighted by molar-refractivity contribution is -0.144. The molecule has 0 spiro atoms. The molecule has 0 aliphatic carbocycles. The molecule has 1 amide bonds. The molecule has 1 aliphatic rings. The number of carboxylic acids is 1. The first kappa shape index (κ1) is 17.4. The molecule has 0 bridgehead atoms. The van der Waals surface area contributed by atoms with Gasteiger partial charge < -0.3 is 15.3 Å². The van der Waals surface area contributed by atoms with Crippen molar-refractivity contribution in [2.24, 2.45) is 11.8 Å². The van der Waals surface area contributed by atoms with E-state index in [0.29, 0.717) is 25.9 Å². The van der Waals surface area contributed by atoms with E-state index in [1.165, 1.54) is 0 Å². The molecule has 6 heteroatoms. The Labute approximate surface area is 126 Å². The maximum absolute atomic E-state index is 12.3. The zero-order chi connectivity index (χ0) is 15.8. The Kier molecular flexibility index (Phi) is 7.17. The predicted octanol–water partition coefficient (Wildman–Crippen LogP) is 1.23. The van der Waals surface area contributed by atoms with Gasteiger partial charge in [-0.3, -0.25) is 4.79 Å². The van der Waals surface area contributed by atoms with Gasteiger partial charge in [-0.05, 0) is 25.3 Å². The zero-order valence-electron chi connectivity index (χ0n) is 12.8. The highest BCUT2D eigenvalue weighted by atomic mass is 16.4. The van der Waals surface area contributed by atoms with Crippen molar-refractivity contribution >= 4 is 11.9 Å². The van der Waals surface area contributed by atoms with Gasteiger partial charge in [0, 0.05) is 19.5 Å². The van der Waals surface area contributed by atoms with Crippen LogP contribution in [0, 0.1) is 23.2 Å². The van der Waals surface area contributed by atoms with E-state index in [0.717, 1.165) is 19.4 Å². The number of nitriles is 1. The van der Waals surface area contributed by atoms with Crippen LogP contribution in [0.5, 0.6) is 0 Å². The fourth-order valence-corrected chi connectivity index (χ4v) is 2.63. The van der Waals surface area contributed by atoms with Gasteiger partial charge in [0.15, 0.2) is 0 Å². The number of carbonyl (C=O) groups is 2. The molecule has 1 rings (SSSR count). The Morgan fingerprint density at radius 1 is 1.52 bits per heavy atom. The standard InChI is InChI=1S/C15H25N3O3/c1-3-11(2)13(15(20)21)17-14(19)12-6-4-8-18(10-12)9-5-7-16/h11-13H,3-6,8-10H2,1-2H3,(H,17,19)(H,20,21). The van der Waals surface area contributed by atoms with Gasteiger partial charge in [-0.25, -0.2) is 4.79 Å². The lowest BCUT2D eigenvalue weighted by atomic mass is 9.94. The number of likely N-dealkylation sites (tertiary alicyclic amines) is 1. The van der Waals surface area contributed by atoms with Crippen LogP contribution in [0.15, 0.2) is 0 Å². The van der Waals surface area contributed by atoms with Crippen LogP contribution in [0.1, 0.15) is 39.5 Å². The summed E-state index contributed by atoms with van der Waals surface area (Å²) in [5.74, 6) is -1.42. The Bertz CT molecular complexity index is 405. The molecule has 1 heterocycles. The second-order valence-corrected chi connectivity index (χ2v) is 5.76. The van der Waals surface area contributed by atoms with Gasteiger partial charge >= 0.3 is 5.97 Å². The number of aliphatic carboxylic acids is 1. The summed E-state index contributed by atoms with van der Waals surface area (Å²) >= 11 is 0. The second kappa shape index (κ2) is 8.63. The molecule has 0 aromatic heterocycles. The molecule has 6 nitrogen and oxygen atoms in total. The molecule has 0 aromatic carbocycles. The molecule has 0 aromatic rings. The summed E-state index contributed by atoms with van der Waals surface area (Å²) < 4.78 is 0. The monoisotopic (exact) mass is 295 g/mol. The predicted molar refractivity (Wildman–Crippen MR) is 78.4 cm³/mol. The van der Waals surface area contributed by atoms with Crippen molar-refractivity contribution in [3.8, 4) is 6.07 Å². The third kappa shape index (κ3) is 5.35. The quantitative estimate of drug-likeness (QED) is 0.736. The molecule has 0 saturated carbocycles. The number of hydrogen-bond acceptors (Lipinski definition) is 4. The summed E-state index contributed by atoms with van der Waals surface area (Å²) in [6, 6.07) is 1.29. The summed E-state index contributed by atoms with van der Waals surface area (Å²) in [6.07, 6.45) is 2.85. The second-order valence-electron chi connectivity index (χ2n) is 5.76. The number of carbonyl (C=O) groups excluding carboxylic acids is 1. The highest BCUT2D eigenvalue weighted by Gasteiger charge is 2.31. The van der Waals surface area contributed by atoms with Crippen LogP contribution in [-0.2, 0) is 9.59 Å². The minimum atomic E-state index is -0.977. The minimum absolute atomic E-state index is 0.0928. The molecule has 1 saturated heterocycles. The number of rotatable bonds is 7. The van der Waals surface area contributed by atoms with E-state index >= 15 is 0 Å². The van der Waals surface area contributed by atoms with Gasteiger partial charge in [0.2, 0.25) is 5.91 Å². The van der Waals surface area contributed by atoms with Crippen LogP contribution >= 0.6 is 0 Å². The van der Waals surface area contributed by atoms with Crippen molar-refractivity contribution in [3.63, 3.8) is 0 Å².